The lowest BCUT2D eigenvalue weighted by molar-refractivity contribution is 0.0838. The van der Waals surface area contributed by atoms with Crippen LogP contribution in [0.2, 0.25) is 0 Å². The van der Waals surface area contributed by atoms with Gasteiger partial charge in [0, 0.05) is 35.2 Å². The Labute approximate surface area is 191 Å². The number of Topliss-reactive ketones (excluding diaryl/α,β-unsaturated/α-hetero) is 2. The van der Waals surface area contributed by atoms with Crippen LogP contribution in [-0.2, 0) is 13.0 Å². The van der Waals surface area contributed by atoms with Crippen LogP contribution in [0.4, 0.5) is 0 Å². The number of carbonyl (C=O) groups is 2. The summed E-state index contributed by atoms with van der Waals surface area (Å²) < 4.78 is 2.29. The Morgan fingerprint density at radius 3 is 2.41 bits per heavy atom. The maximum atomic E-state index is 12.7. The van der Waals surface area contributed by atoms with Gasteiger partial charge >= 0.3 is 0 Å². The highest BCUT2D eigenvalue weighted by molar-refractivity contribution is 6.07. The summed E-state index contributed by atoms with van der Waals surface area (Å²) >= 11 is 0. The van der Waals surface area contributed by atoms with Crippen LogP contribution in [0.5, 0.6) is 0 Å². The largest absolute Gasteiger partial charge is 0.346 e. The first-order valence-electron chi connectivity index (χ1n) is 11.9. The quantitative estimate of drug-likeness (QED) is 0.431. The number of likely N-dealkylation sites (tertiary alicyclic amines) is 1. The number of hydrogen-bond acceptors (Lipinski definition) is 3. The normalized spacial score (nSPS) is 15.3. The molecule has 0 unspecified atom stereocenters. The molecule has 0 bridgehead atoms. The van der Waals surface area contributed by atoms with Gasteiger partial charge in [0.2, 0.25) is 0 Å². The smallest absolute Gasteiger partial charge is 0.166 e. The van der Waals surface area contributed by atoms with Crippen LogP contribution in [0.15, 0.2) is 48.7 Å². The standard InChI is InChI=1S/C28H34N2O2/c1-4-22-17-20(2)18-25-26(21(3)31)19-30(27(22)25)14-8-13-29-15-11-24(12-16-29)28(32)23-9-6-5-7-10-23/h5-7,9-10,17-19,24H,4,8,11-16H2,1-3H3. The Kier molecular flexibility index (Phi) is 6.90. The second-order valence-electron chi connectivity index (χ2n) is 9.17. The van der Waals surface area contributed by atoms with Crippen molar-refractivity contribution < 1.29 is 9.59 Å². The molecule has 0 spiro atoms. The van der Waals surface area contributed by atoms with Crippen LogP contribution in [0.1, 0.15) is 65.0 Å². The van der Waals surface area contributed by atoms with Crippen molar-refractivity contribution in [3.63, 3.8) is 0 Å². The fourth-order valence-corrected chi connectivity index (χ4v) is 5.14. The van der Waals surface area contributed by atoms with E-state index < -0.39 is 0 Å². The van der Waals surface area contributed by atoms with Crippen molar-refractivity contribution in [2.75, 3.05) is 19.6 Å². The van der Waals surface area contributed by atoms with Crippen molar-refractivity contribution in [1.82, 2.24) is 9.47 Å². The van der Waals surface area contributed by atoms with Gasteiger partial charge in [0.1, 0.15) is 0 Å². The lowest BCUT2D eigenvalue weighted by Gasteiger charge is -2.31. The van der Waals surface area contributed by atoms with Gasteiger partial charge in [-0.05, 0) is 70.8 Å². The SMILES string of the molecule is CCc1cc(C)cc2c(C(C)=O)cn(CCCN3CCC(C(=O)c4ccccc4)CC3)c12. The molecule has 2 heterocycles. The van der Waals surface area contributed by atoms with Crippen molar-refractivity contribution in [3.05, 3.63) is 70.9 Å². The fourth-order valence-electron chi connectivity index (χ4n) is 5.14. The van der Waals surface area contributed by atoms with Gasteiger partial charge in [-0.2, -0.15) is 0 Å². The van der Waals surface area contributed by atoms with E-state index in [1.807, 2.05) is 30.3 Å². The van der Waals surface area contributed by atoms with E-state index in [0.717, 1.165) is 68.4 Å². The van der Waals surface area contributed by atoms with Crippen LogP contribution in [0.25, 0.3) is 10.9 Å². The first kappa shape index (κ1) is 22.5. The molecule has 4 heteroatoms. The first-order valence-corrected chi connectivity index (χ1v) is 11.9. The zero-order valence-electron chi connectivity index (χ0n) is 19.6. The molecule has 0 saturated carbocycles. The van der Waals surface area contributed by atoms with Crippen LogP contribution < -0.4 is 0 Å². The molecule has 1 aromatic heterocycles. The van der Waals surface area contributed by atoms with Crippen LogP contribution in [-0.4, -0.2) is 40.7 Å². The minimum atomic E-state index is 0.131. The highest BCUT2D eigenvalue weighted by atomic mass is 16.1. The van der Waals surface area contributed by atoms with Crippen LogP contribution in [0.3, 0.4) is 0 Å². The van der Waals surface area contributed by atoms with Crippen molar-refractivity contribution >= 4 is 22.5 Å². The highest BCUT2D eigenvalue weighted by Crippen LogP contribution is 2.28. The Hall–Kier alpha value is -2.72. The Balaban J connectivity index is 1.37. The lowest BCUT2D eigenvalue weighted by Crippen LogP contribution is -2.37. The summed E-state index contributed by atoms with van der Waals surface area (Å²) in [6.07, 6.45) is 5.93. The molecule has 0 atom stereocenters. The van der Waals surface area contributed by atoms with Gasteiger partial charge in [0.15, 0.2) is 11.6 Å². The van der Waals surface area contributed by atoms with E-state index in [0.29, 0.717) is 5.78 Å². The number of carbonyl (C=O) groups excluding carboxylic acids is 2. The van der Waals surface area contributed by atoms with Gasteiger partial charge in [0.05, 0.1) is 5.52 Å². The predicted octanol–water partition coefficient (Wildman–Crippen LogP) is 5.70. The average molecular weight is 431 g/mol. The molecule has 0 aliphatic carbocycles. The number of rotatable bonds is 8. The van der Waals surface area contributed by atoms with Crippen molar-refractivity contribution in [2.45, 2.75) is 53.0 Å². The van der Waals surface area contributed by atoms with Gasteiger partial charge in [-0.1, -0.05) is 48.9 Å². The number of benzene rings is 2. The van der Waals surface area contributed by atoms with E-state index in [4.69, 9.17) is 0 Å². The maximum Gasteiger partial charge on any atom is 0.166 e. The zero-order valence-corrected chi connectivity index (χ0v) is 19.6. The number of nitrogens with zero attached hydrogens (tertiary/aromatic N) is 2. The van der Waals surface area contributed by atoms with E-state index in [1.54, 1.807) is 6.92 Å². The Morgan fingerprint density at radius 2 is 1.75 bits per heavy atom. The summed E-state index contributed by atoms with van der Waals surface area (Å²) in [5.74, 6) is 0.574. The summed E-state index contributed by atoms with van der Waals surface area (Å²) in [6, 6.07) is 14.1. The minimum absolute atomic E-state index is 0.131. The van der Waals surface area contributed by atoms with Crippen molar-refractivity contribution in [2.24, 2.45) is 5.92 Å². The number of aryl methyl sites for hydroxylation is 3. The third kappa shape index (κ3) is 4.71. The average Bonchev–Trinajstić information content (AvgIpc) is 3.17. The topological polar surface area (TPSA) is 42.3 Å². The number of piperidine rings is 1. The zero-order chi connectivity index (χ0) is 22.7. The lowest BCUT2D eigenvalue weighted by atomic mass is 9.89. The molecular weight excluding hydrogens is 396 g/mol. The Morgan fingerprint density at radius 1 is 1.03 bits per heavy atom. The van der Waals surface area contributed by atoms with Crippen LogP contribution in [0, 0.1) is 12.8 Å². The molecular formula is C28H34N2O2. The maximum absolute atomic E-state index is 12.7. The second kappa shape index (κ2) is 9.83. The summed E-state index contributed by atoms with van der Waals surface area (Å²) in [4.78, 5) is 27.4. The highest BCUT2D eigenvalue weighted by Gasteiger charge is 2.25. The van der Waals surface area contributed by atoms with Gasteiger partial charge in [-0.25, -0.2) is 0 Å². The molecule has 2 aromatic carbocycles. The Bertz CT molecular complexity index is 1110. The van der Waals surface area contributed by atoms with Crippen molar-refractivity contribution in [3.8, 4) is 0 Å². The second-order valence-corrected chi connectivity index (χ2v) is 9.17. The molecule has 168 valence electrons. The molecule has 1 aliphatic heterocycles. The predicted molar refractivity (Wildman–Crippen MR) is 131 cm³/mol. The molecule has 0 N–H and O–H groups in total. The molecule has 3 aromatic rings. The summed E-state index contributed by atoms with van der Waals surface area (Å²) in [6.45, 7) is 9.83. The molecule has 0 amide bonds. The number of aromatic nitrogens is 1. The van der Waals surface area contributed by atoms with Crippen molar-refractivity contribution in [1.29, 1.82) is 0 Å². The third-order valence-corrected chi connectivity index (χ3v) is 6.85. The summed E-state index contributed by atoms with van der Waals surface area (Å²) in [5.41, 5.74) is 5.41. The van der Waals surface area contributed by atoms with E-state index in [9.17, 15) is 9.59 Å². The van der Waals surface area contributed by atoms with E-state index in [2.05, 4.69) is 41.6 Å². The van der Waals surface area contributed by atoms with Gasteiger partial charge in [-0.15, -0.1) is 0 Å². The fraction of sp³-hybridized carbons (Fsp3) is 0.429. The third-order valence-electron chi connectivity index (χ3n) is 6.85. The van der Waals surface area contributed by atoms with E-state index in [1.165, 1.54) is 16.6 Å². The van der Waals surface area contributed by atoms with Crippen LogP contribution >= 0.6 is 0 Å². The number of ketones is 2. The molecule has 1 fully saturated rings. The van der Waals surface area contributed by atoms with Gasteiger partial charge in [0.25, 0.3) is 0 Å². The summed E-state index contributed by atoms with van der Waals surface area (Å²) in [7, 11) is 0. The molecule has 32 heavy (non-hydrogen) atoms. The molecule has 4 rings (SSSR count). The van der Waals surface area contributed by atoms with Gasteiger partial charge in [-0.3, -0.25) is 9.59 Å². The first-order chi connectivity index (χ1) is 15.5. The van der Waals surface area contributed by atoms with E-state index >= 15 is 0 Å². The molecule has 1 aliphatic rings. The van der Waals surface area contributed by atoms with Gasteiger partial charge < -0.3 is 9.47 Å². The summed E-state index contributed by atoms with van der Waals surface area (Å²) in [5, 5.41) is 1.09. The molecule has 0 radical (unpaired) electrons. The molecule has 1 saturated heterocycles. The molecule has 4 nitrogen and oxygen atoms in total. The minimum Gasteiger partial charge on any atom is -0.346 e. The number of hydrogen-bond donors (Lipinski definition) is 0. The number of fused-ring (bicyclic) bond motifs is 1. The monoisotopic (exact) mass is 430 g/mol. The van der Waals surface area contributed by atoms with E-state index in [-0.39, 0.29) is 11.7 Å².